The normalized spacial score (nSPS) is 14.2. The van der Waals surface area contributed by atoms with Gasteiger partial charge in [0.15, 0.2) is 6.29 Å². The van der Waals surface area contributed by atoms with Gasteiger partial charge in [-0.15, -0.1) is 0 Å². The summed E-state index contributed by atoms with van der Waals surface area (Å²) < 4.78 is 16.6. The maximum absolute atomic E-state index is 5.64. The van der Waals surface area contributed by atoms with Gasteiger partial charge in [-0.2, -0.15) is 0 Å². The molecule has 0 unspecified atom stereocenters. The van der Waals surface area contributed by atoms with Crippen LogP contribution in [-0.4, -0.2) is 20.3 Å². The van der Waals surface area contributed by atoms with Crippen LogP contribution in [0.5, 0.6) is 5.75 Å². The smallest absolute Gasteiger partial charge is 0.184 e. The number of fused-ring (bicyclic) bond motifs is 1. The van der Waals surface area contributed by atoms with E-state index in [1.54, 1.807) is 7.11 Å². The Kier molecular flexibility index (Phi) is 5.10. The predicted octanol–water partition coefficient (Wildman–Crippen LogP) is 6.36. The molecule has 1 aliphatic heterocycles. The average molecular weight is 397 g/mol. The van der Waals surface area contributed by atoms with Crippen molar-refractivity contribution in [2.24, 2.45) is 0 Å². The summed E-state index contributed by atoms with van der Waals surface area (Å²) in [6.45, 7) is 1.28. The highest BCUT2D eigenvalue weighted by atomic mass is 16.7. The maximum Gasteiger partial charge on any atom is 0.184 e. The lowest BCUT2D eigenvalue weighted by atomic mass is 10.1. The minimum absolute atomic E-state index is 0.272. The van der Waals surface area contributed by atoms with Crippen LogP contribution >= 0.6 is 0 Å². The summed E-state index contributed by atoms with van der Waals surface area (Å²) in [5.41, 5.74) is 4.29. The van der Waals surface area contributed by atoms with E-state index in [0.717, 1.165) is 28.4 Å². The van der Waals surface area contributed by atoms with Crippen LogP contribution < -0.4 is 9.64 Å². The molecule has 0 atom stereocenters. The van der Waals surface area contributed by atoms with E-state index in [1.165, 1.54) is 10.8 Å². The van der Waals surface area contributed by atoms with Gasteiger partial charge in [-0.25, -0.2) is 0 Å². The third-order valence-electron chi connectivity index (χ3n) is 5.38. The molecule has 150 valence electrons. The Morgan fingerprint density at radius 1 is 0.733 bits per heavy atom. The van der Waals surface area contributed by atoms with E-state index in [0.29, 0.717) is 13.2 Å². The standard InChI is InChI=1S/C26H23NO3/c1-28-23-15-13-22(14-16-23)27(25-8-4-6-19-5-2-3-7-24(19)25)21-11-9-20(10-12-21)26-29-17-18-30-26/h2-16,26H,17-18H2,1H3. The molecule has 4 aromatic rings. The lowest BCUT2D eigenvalue weighted by Crippen LogP contribution is -2.11. The summed E-state index contributed by atoms with van der Waals surface area (Å²) in [5.74, 6) is 0.836. The SMILES string of the molecule is COc1ccc(N(c2ccc(C3OCCO3)cc2)c2cccc3ccccc23)cc1. The zero-order valence-corrected chi connectivity index (χ0v) is 16.8. The molecule has 0 spiro atoms. The molecular weight excluding hydrogens is 374 g/mol. The molecule has 4 aromatic carbocycles. The Morgan fingerprint density at radius 2 is 1.37 bits per heavy atom. The zero-order valence-electron chi connectivity index (χ0n) is 16.8. The molecule has 0 aromatic heterocycles. The quantitative estimate of drug-likeness (QED) is 0.392. The second-order valence-corrected chi connectivity index (χ2v) is 7.20. The third kappa shape index (κ3) is 3.52. The molecule has 0 N–H and O–H groups in total. The second kappa shape index (κ2) is 8.19. The van der Waals surface area contributed by atoms with Crippen molar-refractivity contribution >= 4 is 27.8 Å². The van der Waals surface area contributed by atoms with E-state index in [9.17, 15) is 0 Å². The fourth-order valence-corrected chi connectivity index (χ4v) is 3.89. The number of methoxy groups -OCH3 is 1. The van der Waals surface area contributed by atoms with Crippen LogP contribution in [0.15, 0.2) is 91.0 Å². The number of ether oxygens (including phenoxy) is 3. The lowest BCUT2D eigenvalue weighted by Gasteiger charge is -2.27. The van der Waals surface area contributed by atoms with E-state index in [1.807, 2.05) is 12.1 Å². The van der Waals surface area contributed by atoms with Gasteiger partial charge in [0.05, 0.1) is 26.0 Å². The van der Waals surface area contributed by atoms with Gasteiger partial charge in [0.1, 0.15) is 5.75 Å². The Morgan fingerprint density at radius 3 is 2.07 bits per heavy atom. The van der Waals surface area contributed by atoms with Crippen molar-refractivity contribution < 1.29 is 14.2 Å². The first-order valence-electron chi connectivity index (χ1n) is 10.1. The van der Waals surface area contributed by atoms with E-state index in [-0.39, 0.29) is 6.29 Å². The second-order valence-electron chi connectivity index (χ2n) is 7.20. The van der Waals surface area contributed by atoms with Crippen molar-refractivity contribution in [1.29, 1.82) is 0 Å². The fraction of sp³-hybridized carbons (Fsp3) is 0.154. The number of nitrogens with zero attached hydrogens (tertiary/aromatic N) is 1. The molecule has 1 aliphatic rings. The molecule has 4 nitrogen and oxygen atoms in total. The molecular formula is C26H23NO3. The summed E-state index contributed by atoms with van der Waals surface area (Å²) >= 11 is 0. The van der Waals surface area contributed by atoms with E-state index < -0.39 is 0 Å². The summed E-state index contributed by atoms with van der Waals surface area (Å²) in [5, 5.41) is 2.40. The summed E-state index contributed by atoms with van der Waals surface area (Å²) in [4.78, 5) is 2.27. The van der Waals surface area contributed by atoms with Crippen molar-refractivity contribution in [3.63, 3.8) is 0 Å². The van der Waals surface area contributed by atoms with Crippen LogP contribution in [0.25, 0.3) is 10.8 Å². The van der Waals surface area contributed by atoms with Gasteiger partial charge in [-0.05, 0) is 47.9 Å². The Balaban J connectivity index is 1.62. The number of anilines is 3. The van der Waals surface area contributed by atoms with E-state index >= 15 is 0 Å². The fourth-order valence-electron chi connectivity index (χ4n) is 3.89. The van der Waals surface area contributed by atoms with Crippen LogP contribution in [0.1, 0.15) is 11.9 Å². The molecule has 1 heterocycles. The Bertz CT molecular complexity index is 1130. The molecule has 0 aliphatic carbocycles. The summed E-state index contributed by atoms with van der Waals surface area (Å²) in [6.07, 6.45) is -0.272. The number of hydrogen-bond donors (Lipinski definition) is 0. The van der Waals surface area contributed by atoms with E-state index in [2.05, 4.69) is 83.8 Å². The van der Waals surface area contributed by atoms with Gasteiger partial charge < -0.3 is 19.1 Å². The first-order chi connectivity index (χ1) is 14.8. The largest absolute Gasteiger partial charge is 0.497 e. The lowest BCUT2D eigenvalue weighted by molar-refractivity contribution is -0.0441. The third-order valence-corrected chi connectivity index (χ3v) is 5.38. The molecule has 0 radical (unpaired) electrons. The summed E-state index contributed by atoms with van der Waals surface area (Å²) in [6, 6.07) is 31.4. The molecule has 5 rings (SSSR count). The topological polar surface area (TPSA) is 30.9 Å². The number of hydrogen-bond acceptors (Lipinski definition) is 4. The highest BCUT2D eigenvalue weighted by molar-refractivity contribution is 5.98. The highest BCUT2D eigenvalue weighted by Crippen LogP contribution is 2.39. The maximum atomic E-state index is 5.64. The van der Waals surface area contributed by atoms with Gasteiger partial charge >= 0.3 is 0 Å². The van der Waals surface area contributed by atoms with Crippen molar-refractivity contribution in [2.75, 3.05) is 25.2 Å². The van der Waals surface area contributed by atoms with Gasteiger partial charge in [0.2, 0.25) is 0 Å². The minimum Gasteiger partial charge on any atom is -0.497 e. The van der Waals surface area contributed by atoms with Crippen molar-refractivity contribution in [3.8, 4) is 5.75 Å². The predicted molar refractivity (Wildman–Crippen MR) is 120 cm³/mol. The first kappa shape index (κ1) is 18.7. The van der Waals surface area contributed by atoms with Gasteiger partial charge in [-0.3, -0.25) is 0 Å². The van der Waals surface area contributed by atoms with Gasteiger partial charge in [0.25, 0.3) is 0 Å². The van der Waals surface area contributed by atoms with Gasteiger partial charge in [0, 0.05) is 22.3 Å². The highest BCUT2D eigenvalue weighted by Gasteiger charge is 2.20. The molecule has 4 heteroatoms. The number of benzene rings is 4. The zero-order chi connectivity index (χ0) is 20.3. The number of rotatable bonds is 5. The minimum atomic E-state index is -0.272. The monoisotopic (exact) mass is 397 g/mol. The molecule has 0 amide bonds. The van der Waals surface area contributed by atoms with Gasteiger partial charge in [-0.1, -0.05) is 48.5 Å². The molecule has 1 saturated heterocycles. The Hall–Kier alpha value is -3.34. The van der Waals surface area contributed by atoms with Crippen LogP contribution in [-0.2, 0) is 9.47 Å². The summed E-state index contributed by atoms with van der Waals surface area (Å²) in [7, 11) is 1.68. The molecule has 0 saturated carbocycles. The molecule has 30 heavy (non-hydrogen) atoms. The van der Waals surface area contributed by atoms with Crippen LogP contribution in [0.2, 0.25) is 0 Å². The average Bonchev–Trinajstić information content (AvgIpc) is 3.35. The van der Waals surface area contributed by atoms with Crippen molar-refractivity contribution in [2.45, 2.75) is 6.29 Å². The van der Waals surface area contributed by atoms with Crippen molar-refractivity contribution in [3.05, 3.63) is 96.6 Å². The van der Waals surface area contributed by atoms with E-state index in [4.69, 9.17) is 14.2 Å². The first-order valence-corrected chi connectivity index (χ1v) is 10.1. The van der Waals surface area contributed by atoms with Crippen LogP contribution in [0.4, 0.5) is 17.1 Å². The van der Waals surface area contributed by atoms with Crippen LogP contribution in [0.3, 0.4) is 0 Å². The molecule has 1 fully saturated rings. The Labute approximate surface area is 176 Å². The molecule has 0 bridgehead atoms. The van der Waals surface area contributed by atoms with Crippen molar-refractivity contribution in [1.82, 2.24) is 0 Å². The van der Waals surface area contributed by atoms with Crippen LogP contribution in [0, 0.1) is 0 Å².